The number of carbonyl (C=O) groups excluding carboxylic acids is 1. The van der Waals surface area contributed by atoms with E-state index >= 15 is 4.39 Å². The quantitative estimate of drug-likeness (QED) is 0.574. The molecule has 5 rings (SSSR count). The number of benzene rings is 2. The predicted octanol–water partition coefficient (Wildman–Crippen LogP) is 2.12. The summed E-state index contributed by atoms with van der Waals surface area (Å²) in [5.41, 5.74) is 1.45. The van der Waals surface area contributed by atoms with E-state index in [1.807, 2.05) is 7.05 Å². The summed E-state index contributed by atoms with van der Waals surface area (Å²) in [6, 6.07) is 12.5. The van der Waals surface area contributed by atoms with Crippen LogP contribution in [0.25, 0.3) is 11.1 Å². The minimum atomic E-state index is -3.64. The average Bonchev–Trinajstić information content (AvgIpc) is 3.54. The highest BCUT2D eigenvalue weighted by Crippen LogP contribution is 2.35. The van der Waals surface area contributed by atoms with Gasteiger partial charge in [-0.1, -0.05) is 24.3 Å². The summed E-state index contributed by atoms with van der Waals surface area (Å²) in [5.74, 6) is -0.400. The Morgan fingerprint density at radius 3 is 2.57 bits per heavy atom. The Kier molecular flexibility index (Phi) is 7.32. The van der Waals surface area contributed by atoms with Gasteiger partial charge in [-0.25, -0.2) is 12.8 Å². The molecule has 2 aromatic rings. The van der Waals surface area contributed by atoms with E-state index in [1.165, 1.54) is 10.4 Å². The van der Waals surface area contributed by atoms with Crippen LogP contribution in [-0.2, 0) is 21.2 Å². The summed E-state index contributed by atoms with van der Waals surface area (Å²) < 4.78 is 42.9. The van der Waals surface area contributed by atoms with Gasteiger partial charge in [-0.2, -0.15) is 9.57 Å². The van der Waals surface area contributed by atoms with Crippen LogP contribution in [0.3, 0.4) is 0 Å². The van der Waals surface area contributed by atoms with Crippen LogP contribution in [0.5, 0.6) is 0 Å². The number of piperidine rings is 1. The number of hydrogen-bond acceptors (Lipinski definition) is 6. The van der Waals surface area contributed by atoms with E-state index in [2.05, 4.69) is 21.6 Å². The van der Waals surface area contributed by atoms with Gasteiger partial charge in [0, 0.05) is 38.6 Å². The van der Waals surface area contributed by atoms with E-state index < -0.39 is 21.9 Å². The molecule has 3 fully saturated rings. The van der Waals surface area contributed by atoms with Crippen molar-refractivity contribution in [1.82, 2.24) is 19.8 Å². The third kappa shape index (κ3) is 5.41. The summed E-state index contributed by atoms with van der Waals surface area (Å²) in [6.07, 6.45) is 3.13. The van der Waals surface area contributed by atoms with Gasteiger partial charge < -0.3 is 15.5 Å². The van der Waals surface area contributed by atoms with Crippen molar-refractivity contribution in [1.29, 1.82) is 5.26 Å². The molecule has 4 atom stereocenters. The van der Waals surface area contributed by atoms with Crippen LogP contribution in [0.4, 0.5) is 4.39 Å². The van der Waals surface area contributed by atoms with Crippen molar-refractivity contribution in [3.63, 3.8) is 0 Å². The molecule has 3 aliphatic rings. The summed E-state index contributed by atoms with van der Waals surface area (Å²) in [4.78, 5) is 15.0. The van der Waals surface area contributed by atoms with Crippen LogP contribution >= 0.6 is 0 Å². The lowest BCUT2D eigenvalue weighted by atomic mass is 9.98. The largest absolute Gasteiger partial charge is 0.339 e. The van der Waals surface area contributed by atoms with Crippen LogP contribution in [0.15, 0.2) is 47.4 Å². The van der Waals surface area contributed by atoms with Crippen LogP contribution in [0, 0.1) is 23.1 Å². The Morgan fingerprint density at radius 1 is 1.16 bits per heavy atom. The highest BCUT2D eigenvalue weighted by molar-refractivity contribution is 7.89. The summed E-state index contributed by atoms with van der Waals surface area (Å²) in [5, 5.41) is 15.7. The van der Waals surface area contributed by atoms with E-state index in [0.29, 0.717) is 54.8 Å². The molecule has 196 valence electrons. The van der Waals surface area contributed by atoms with Crippen molar-refractivity contribution in [3.05, 3.63) is 53.8 Å². The average molecular weight is 526 g/mol. The van der Waals surface area contributed by atoms with Gasteiger partial charge in [-0.15, -0.1) is 0 Å². The predicted molar refractivity (Wildman–Crippen MR) is 137 cm³/mol. The second-order valence-corrected chi connectivity index (χ2v) is 12.3. The molecule has 1 amide bonds. The number of likely N-dealkylation sites (N-methyl/N-ethyl adjacent to an activating group) is 1. The number of hydrogen-bond donors (Lipinski definition) is 2. The molecule has 2 saturated heterocycles. The van der Waals surface area contributed by atoms with Gasteiger partial charge in [0.25, 0.3) is 0 Å². The molecule has 10 heteroatoms. The van der Waals surface area contributed by atoms with Gasteiger partial charge in [0.2, 0.25) is 15.9 Å². The second-order valence-electron chi connectivity index (χ2n) is 10.4. The highest BCUT2D eigenvalue weighted by Gasteiger charge is 2.43. The van der Waals surface area contributed by atoms with Crippen LogP contribution in [0.2, 0.25) is 0 Å². The maximum absolute atomic E-state index is 15.1. The number of sulfonamides is 1. The zero-order chi connectivity index (χ0) is 26.2. The first-order chi connectivity index (χ1) is 17.7. The number of nitrogens with zero attached hydrogens (tertiary/aromatic N) is 3. The molecule has 0 aromatic heterocycles. The number of nitrogens with one attached hydrogen (secondary N) is 2. The number of amides is 1. The first-order valence-electron chi connectivity index (χ1n) is 12.8. The molecule has 2 bridgehead atoms. The molecule has 2 heterocycles. The van der Waals surface area contributed by atoms with Crippen molar-refractivity contribution in [2.24, 2.45) is 5.92 Å². The number of rotatable bonds is 7. The summed E-state index contributed by atoms with van der Waals surface area (Å²) in [7, 11) is -1.68. The highest BCUT2D eigenvalue weighted by atomic mass is 32.2. The molecule has 4 unspecified atom stereocenters. The van der Waals surface area contributed by atoms with Gasteiger partial charge in [0.05, 0.1) is 17.0 Å². The van der Waals surface area contributed by atoms with Gasteiger partial charge in [0.1, 0.15) is 11.9 Å². The zero-order valence-corrected chi connectivity index (χ0v) is 21.7. The van der Waals surface area contributed by atoms with Gasteiger partial charge in [-0.3, -0.25) is 4.79 Å². The lowest BCUT2D eigenvalue weighted by molar-refractivity contribution is -0.124. The first-order valence-corrected chi connectivity index (χ1v) is 14.2. The summed E-state index contributed by atoms with van der Waals surface area (Å²) in [6.45, 7) is 2.21. The topological polar surface area (TPSA) is 106 Å². The van der Waals surface area contributed by atoms with Crippen molar-refractivity contribution in [3.8, 4) is 17.2 Å². The van der Waals surface area contributed by atoms with Crippen molar-refractivity contribution in [2.75, 3.05) is 33.2 Å². The smallest absolute Gasteiger partial charge is 0.243 e. The number of carbonyl (C=O) groups is 1. The van der Waals surface area contributed by atoms with E-state index in [9.17, 15) is 18.5 Å². The van der Waals surface area contributed by atoms with Crippen molar-refractivity contribution >= 4 is 15.9 Å². The van der Waals surface area contributed by atoms with Gasteiger partial charge in [-0.05, 0) is 67.1 Å². The fraction of sp³-hybridized carbons (Fsp3) is 0.481. The standard InChI is InChI=1S/C27H32FN5O3S/c1-32-9-11-33(12-10-32)37(35,36)24-4-2-3-18(15-24)19-5-6-20(25(28)16-19)13-23(17-29)31-27(34)26-21-7-8-22(14-21)30-26/h2-6,15-16,21-23,26,30H,7-14H2,1H3,(H,31,34). The minimum absolute atomic E-state index is 0.0486. The number of piperazine rings is 1. The molecular formula is C27H32FN5O3S. The van der Waals surface area contributed by atoms with E-state index in [1.54, 1.807) is 36.4 Å². The van der Waals surface area contributed by atoms with E-state index in [4.69, 9.17) is 0 Å². The Bertz CT molecular complexity index is 1320. The molecule has 1 saturated carbocycles. The fourth-order valence-corrected chi connectivity index (χ4v) is 7.14. The molecule has 0 radical (unpaired) electrons. The zero-order valence-electron chi connectivity index (χ0n) is 20.9. The number of nitriles is 1. The second kappa shape index (κ2) is 10.5. The Morgan fingerprint density at radius 2 is 1.92 bits per heavy atom. The number of halogens is 1. The molecule has 2 aliphatic heterocycles. The Balaban J connectivity index is 1.28. The van der Waals surface area contributed by atoms with E-state index in [-0.39, 0.29) is 23.3 Å². The normalized spacial score (nSPS) is 25.1. The minimum Gasteiger partial charge on any atom is -0.339 e. The SMILES string of the molecule is CN1CCN(S(=O)(=O)c2cccc(-c3ccc(CC(C#N)NC(=O)C4NC5CCC4C5)c(F)c3)c2)CC1. The lowest BCUT2D eigenvalue weighted by Crippen LogP contribution is -2.50. The molecule has 2 N–H and O–H groups in total. The Labute approximate surface area is 217 Å². The van der Waals surface area contributed by atoms with Crippen LogP contribution in [-0.4, -0.2) is 74.9 Å². The fourth-order valence-electron chi connectivity index (χ4n) is 5.67. The number of fused-ring (bicyclic) bond motifs is 2. The first kappa shape index (κ1) is 25.8. The maximum Gasteiger partial charge on any atom is 0.243 e. The summed E-state index contributed by atoms with van der Waals surface area (Å²) >= 11 is 0. The molecule has 8 nitrogen and oxygen atoms in total. The Hall–Kier alpha value is -2.84. The third-order valence-corrected chi connectivity index (χ3v) is 9.75. The maximum atomic E-state index is 15.1. The molecular weight excluding hydrogens is 493 g/mol. The lowest BCUT2D eigenvalue weighted by Gasteiger charge is -2.31. The molecule has 37 heavy (non-hydrogen) atoms. The van der Waals surface area contributed by atoms with Crippen LogP contribution in [0.1, 0.15) is 24.8 Å². The molecule has 1 aliphatic carbocycles. The molecule has 2 aromatic carbocycles. The monoisotopic (exact) mass is 525 g/mol. The van der Waals surface area contributed by atoms with Crippen molar-refractivity contribution < 1.29 is 17.6 Å². The third-order valence-electron chi connectivity index (χ3n) is 7.86. The van der Waals surface area contributed by atoms with Gasteiger partial charge >= 0.3 is 0 Å². The van der Waals surface area contributed by atoms with Gasteiger partial charge in [0.15, 0.2) is 0 Å². The van der Waals surface area contributed by atoms with E-state index in [0.717, 1.165) is 19.3 Å². The van der Waals surface area contributed by atoms with Crippen molar-refractivity contribution in [2.45, 2.75) is 48.7 Å². The molecule has 0 spiro atoms. The van der Waals surface area contributed by atoms with Crippen LogP contribution < -0.4 is 10.6 Å².